The van der Waals surface area contributed by atoms with Crippen LogP contribution < -0.4 is 10.5 Å². The third kappa shape index (κ3) is 5.47. The lowest BCUT2D eigenvalue weighted by Gasteiger charge is -2.20. The van der Waals surface area contributed by atoms with Gasteiger partial charge in [-0.25, -0.2) is 0 Å². The molecule has 0 bridgehead atoms. The van der Waals surface area contributed by atoms with Crippen molar-refractivity contribution in [2.24, 2.45) is 5.73 Å². The molecule has 4 rings (SSSR count). The fourth-order valence-corrected chi connectivity index (χ4v) is 4.06. The lowest BCUT2D eigenvalue weighted by Crippen LogP contribution is -2.26. The number of methoxy groups -OCH3 is 1. The molecule has 0 aliphatic heterocycles. The average molecular weight is 458 g/mol. The van der Waals surface area contributed by atoms with Gasteiger partial charge in [-0.15, -0.1) is 0 Å². The molecule has 0 fully saturated rings. The van der Waals surface area contributed by atoms with E-state index >= 15 is 0 Å². The van der Waals surface area contributed by atoms with Crippen molar-refractivity contribution in [1.82, 2.24) is 9.47 Å². The zero-order valence-electron chi connectivity index (χ0n) is 19.7. The van der Waals surface area contributed by atoms with Gasteiger partial charge in [0.25, 0.3) is 5.91 Å². The Morgan fingerprint density at radius 1 is 0.971 bits per heavy atom. The Labute approximate surface area is 200 Å². The van der Waals surface area contributed by atoms with Crippen LogP contribution in [0.5, 0.6) is 5.75 Å². The van der Waals surface area contributed by atoms with Gasteiger partial charge in [-0.1, -0.05) is 49.4 Å². The summed E-state index contributed by atoms with van der Waals surface area (Å²) >= 11 is 0. The number of carbonyl (C=O) groups excluding carboxylic acids is 1. The van der Waals surface area contributed by atoms with Gasteiger partial charge < -0.3 is 19.8 Å². The minimum atomic E-state index is -0.469. The van der Waals surface area contributed by atoms with Crippen molar-refractivity contribution in [3.05, 3.63) is 95.7 Å². The first-order valence-electron chi connectivity index (χ1n) is 11.5. The molecular formula is C28H31N3O3. The second-order valence-electron chi connectivity index (χ2n) is 8.25. The maximum absolute atomic E-state index is 12.3. The molecule has 1 heterocycles. The molecule has 176 valence electrons. The number of carbonyl (C=O) groups is 1. The zero-order chi connectivity index (χ0) is 23.9. The third-order valence-corrected chi connectivity index (χ3v) is 5.93. The summed E-state index contributed by atoms with van der Waals surface area (Å²) in [6, 6.07) is 26.0. The molecule has 0 aliphatic carbocycles. The number of primary amides is 1. The van der Waals surface area contributed by atoms with Gasteiger partial charge in [0.05, 0.1) is 12.1 Å². The van der Waals surface area contributed by atoms with E-state index in [1.165, 1.54) is 5.56 Å². The smallest absolute Gasteiger partial charge is 0.265 e. The van der Waals surface area contributed by atoms with Crippen LogP contribution in [-0.4, -0.2) is 42.2 Å². The maximum atomic E-state index is 12.3. The molecule has 0 atom stereocenters. The van der Waals surface area contributed by atoms with E-state index in [0.29, 0.717) is 18.9 Å². The molecule has 1 amide bonds. The Morgan fingerprint density at radius 2 is 1.74 bits per heavy atom. The number of likely N-dealkylation sites (N-methyl/N-ethyl adjacent to an activating group) is 1. The Kier molecular flexibility index (Phi) is 7.62. The van der Waals surface area contributed by atoms with Crippen molar-refractivity contribution in [2.45, 2.75) is 20.1 Å². The molecule has 6 nitrogen and oxygen atoms in total. The fraction of sp³-hybridized carbons (Fsp3) is 0.250. The molecule has 0 saturated carbocycles. The van der Waals surface area contributed by atoms with E-state index in [0.717, 1.165) is 47.5 Å². The van der Waals surface area contributed by atoms with Crippen LogP contribution in [0, 0.1) is 0 Å². The summed E-state index contributed by atoms with van der Waals surface area (Å²) in [5.41, 5.74) is 10.3. The molecule has 34 heavy (non-hydrogen) atoms. The molecule has 2 N–H and O–H groups in total. The Balaban J connectivity index is 1.58. The van der Waals surface area contributed by atoms with E-state index in [1.54, 1.807) is 7.11 Å². The molecule has 6 heteroatoms. The number of aromatic nitrogens is 1. The second kappa shape index (κ2) is 11.0. The van der Waals surface area contributed by atoms with Crippen LogP contribution >= 0.6 is 0 Å². The molecule has 3 aromatic carbocycles. The van der Waals surface area contributed by atoms with Crippen LogP contribution in [0.1, 0.15) is 28.5 Å². The Bertz CT molecular complexity index is 1230. The first-order chi connectivity index (χ1) is 16.6. The van der Waals surface area contributed by atoms with E-state index in [4.69, 9.17) is 15.2 Å². The summed E-state index contributed by atoms with van der Waals surface area (Å²) in [7, 11) is 1.72. The topological polar surface area (TPSA) is 69.7 Å². The van der Waals surface area contributed by atoms with E-state index in [9.17, 15) is 4.79 Å². The molecule has 1 aromatic heterocycles. The SMILES string of the molecule is CCN(CCOC)Cc1ccc(-n2c(C(N)=O)cc3cc(OCc4ccccc4)ccc32)cc1. The highest BCUT2D eigenvalue weighted by Crippen LogP contribution is 2.28. The normalized spacial score (nSPS) is 11.3. The summed E-state index contributed by atoms with van der Waals surface area (Å²) in [5.74, 6) is 0.277. The van der Waals surface area contributed by atoms with E-state index in [-0.39, 0.29) is 0 Å². The fourth-order valence-electron chi connectivity index (χ4n) is 4.06. The van der Waals surface area contributed by atoms with E-state index in [2.05, 4.69) is 24.0 Å². The maximum Gasteiger partial charge on any atom is 0.265 e. The van der Waals surface area contributed by atoms with Gasteiger partial charge in [-0.05, 0) is 54.1 Å². The number of nitrogens with zero attached hydrogens (tertiary/aromatic N) is 2. The highest BCUT2D eigenvalue weighted by Gasteiger charge is 2.16. The van der Waals surface area contributed by atoms with Gasteiger partial charge in [-0.2, -0.15) is 0 Å². The highest BCUT2D eigenvalue weighted by atomic mass is 16.5. The van der Waals surface area contributed by atoms with Crippen LogP contribution in [0.2, 0.25) is 0 Å². The van der Waals surface area contributed by atoms with Crippen molar-refractivity contribution in [3.8, 4) is 11.4 Å². The lowest BCUT2D eigenvalue weighted by molar-refractivity contribution is 0.0994. The summed E-state index contributed by atoms with van der Waals surface area (Å²) < 4.78 is 13.1. The van der Waals surface area contributed by atoms with Crippen molar-refractivity contribution >= 4 is 16.8 Å². The monoisotopic (exact) mass is 457 g/mol. The molecule has 0 unspecified atom stereocenters. The average Bonchev–Trinajstić information content (AvgIpc) is 3.25. The van der Waals surface area contributed by atoms with Crippen LogP contribution in [0.25, 0.3) is 16.6 Å². The first-order valence-corrected chi connectivity index (χ1v) is 11.5. The number of ether oxygens (including phenoxy) is 2. The Morgan fingerprint density at radius 3 is 2.41 bits per heavy atom. The molecule has 4 aromatic rings. The van der Waals surface area contributed by atoms with Crippen LogP contribution in [0.3, 0.4) is 0 Å². The first kappa shape index (κ1) is 23.5. The standard InChI is InChI=1S/C28H31N3O3/c1-3-30(15-16-33-2)19-21-9-11-24(12-10-21)31-26-14-13-25(17-23(26)18-27(31)28(29)32)34-20-22-7-5-4-6-8-22/h4-14,17-18H,3,15-16,19-20H2,1-2H3,(H2,29,32). The highest BCUT2D eigenvalue weighted by molar-refractivity contribution is 5.99. The van der Waals surface area contributed by atoms with Crippen molar-refractivity contribution in [1.29, 1.82) is 0 Å². The Hall–Kier alpha value is -3.61. The van der Waals surface area contributed by atoms with E-state index < -0.39 is 5.91 Å². The van der Waals surface area contributed by atoms with Crippen LogP contribution in [0.4, 0.5) is 0 Å². The largest absolute Gasteiger partial charge is 0.489 e. The summed E-state index contributed by atoms with van der Waals surface area (Å²) in [6.07, 6.45) is 0. The van der Waals surface area contributed by atoms with Gasteiger partial charge in [0.1, 0.15) is 18.1 Å². The van der Waals surface area contributed by atoms with Crippen LogP contribution in [0.15, 0.2) is 78.9 Å². The van der Waals surface area contributed by atoms with Gasteiger partial charge in [-0.3, -0.25) is 9.69 Å². The van der Waals surface area contributed by atoms with Crippen LogP contribution in [-0.2, 0) is 17.9 Å². The minimum absolute atomic E-state index is 0.443. The molecule has 0 spiro atoms. The number of benzene rings is 3. The zero-order valence-corrected chi connectivity index (χ0v) is 19.7. The predicted molar refractivity (Wildman–Crippen MR) is 135 cm³/mol. The summed E-state index contributed by atoms with van der Waals surface area (Å²) in [4.78, 5) is 14.6. The van der Waals surface area contributed by atoms with Gasteiger partial charge >= 0.3 is 0 Å². The minimum Gasteiger partial charge on any atom is -0.489 e. The number of rotatable bonds is 11. The number of amides is 1. The van der Waals surface area contributed by atoms with Crippen molar-refractivity contribution < 1.29 is 14.3 Å². The third-order valence-electron chi connectivity index (χ3n) is 5.93. The quantitative estimate of drug-likeness (QED) is 0.352. The van der Waals surface area contributed by atoms with Gasteiger partial charge in [0, 0.05) is 31.3 Å². The molecule has 0 aliphatic rings. The molecule has 0 radical (unpaired) electrons. The van der Waals surface area contributed by atoms with Crippen molar-refractivity contribution in [2.75, 3.05) is 26.8 Å². The van der Waals surface area contributed by atoms with Crippen molar-refractivity contribution in [3.63, 3.8) is 0 Å². The van der Waals surface area contributed by atoms with E-state index in [1.807, 2.05) is 71.3 Å². The second-order valence-corrected chi connectivity index (χ2v) is 8.25. The molecule has 0 saturated heterocycles. The summed E-state index contributed by atoms with van der Waals surface area (Å²) in [6.45, 7) is 6.02. The number of fused-ring (bicyclic) bond motifs is 1. The molecular weight excluding hydrogens is 426 g/mol. The van der Waals surface area contributed by atoms with Gasteiger partial charge in [0.15, 0.2) is 0 Å². The summed E-state index contributed by atoms with van der Waals surface area (Å²) in [5, 5.41) is 0.903. The number of nitrogens with two attached hydrogens (primary N) is 1. The van der Waals surface area contributed by atoms with Gasteiger partial charge in [0.2, 0.25) is 0 Å². The lowest BCUT2D eigenvalue weighted by atomic mass is 10.2. The number of hydrogen-bond acceptors (Lipinski definition) is 4. The predicted octanol–water partition coefficient (Wildman–Crippen LogP) is 4.78. The number of hydrogen-bond donors (Lipinski definition) is 1.